The number of carbonyl (C=O) groups is 1. The molecule has 2 aromatic rings. The average Bonchev–Trinajstić information content (AvgIpc) is 2.32. The summed E-state index contributed by atoms with van der Waals surface area (Å²) in [5.74, 6) is 0. The largest absolute Gasteiger partial charge is 0.296 e. The molecule has 2 heterocycles. The third kappa shape index (κ3) is 2.31. The van der Waals surface area contributed by atoms with E-state index in [0.717, 1.165) is 11.3 Å². The molecule has 0 atom stereocenters. The Hall–Kier alpha value is -1.81. The Balaban J connectivity index is 2.57. The summed E-state index contributed by atoms with van der Waals surface area (Å²) in [5, 5.41) is 0.517. The van der Waals surface area contributed by atoms with Crippen molar-refractivity contribution in [3.63, 3.8) is 0 Å². The van der Waals surface area contributed by atoms with Crippen LogP contribution in [0.2, 0.25) is 5.02 Å². The van der Waals surface area contributed by atoms with Crippen LogP contribution in [-0.4, -0.2) is 21.2 Å². The standard InChI is InChI=1S/C12H10ClN3O/c1-7-3-9(10(13)4-14-7)11-5-15-12(6-17)8(2)16-11/h3-6H,1-2H3. The van der Waals surface area contributed by atoms with Crippen molar-refractivity contribution in [1.29, 1.82) is 0 Å². The lowest BCUT2D eigenvalue weighted by molar-refractivity contribution is 0.111. The van der Waals surface area contributed by atoms with Crippen LogP contribution < -0.4 is 0 Å². The van der Waals surface area contributed by atoms with Gasteiger partial charge < -0.3 is 0 Å². The highest BCUT2D eigenvalue weighted by Crippen LogP contribution is 2.26. The number of carbonyl (C=O) groups excluding carboxylic acids is 1. The van der Waals surface area contributed by atoms with Crippen molar-refractivity contribution >= 4 is 17.9 Å². The van der Waals surface area contributed by atoms with E-state index in [9.17, 15) is 4.79 Å². The van der Waals surface area contributed by atoms with Crippen molar-refractivity contribution in [2.45, 2.75) is 13.8 Å². The Bertz CT molecular complexity index is 584. The minimum Gasteiger partial charge on any atom is -0.296 e. The zero-order valence-corrected chi connectivity index (χ0v) is 10.2. The molecule has 4 nitrogen and oxygen atoms in total. The van der Waals surface area contributed by atoms with Crippen molar-refractivity contribution in [2.75, 3.05) is 0 Å². The summed E-state index contributed by atoms with van der Waals surface area (Å²) < 4.78 is 0. The van der Waals surface area contributed by atoms with Crippen LogP contribution in [0.3, 0.4) is 0 Å². The fourth-order valence-corrected chi connectivity index (χ4v) is 1.68. The maximum Gasteiger partial charge on any atom is 0.170 e. The SMILES string of the molecule is Cc1cc(-c2cnc(C=O)c(C)n2)c(Cl)cn1. The average molecular weight is 248 g/mol. The molecular weight excluding hydrogens is 238 g/mol. The maximum absolute atomic E-state index is 10.7. The van der Waals surface area contributed by atoms with Crippen molar-refractivity contribution in [3.8, 4) is 11.3 Å². The second-order valence-corrected chi connectivity index (χ2v) is 4.06. The van der Waals surface area contributed by atoms with Gasteiger partial charge in [-0.05, 0) is 19.9 Å². The Morgan fingerprint density at radius 2 is 2.00 bits per heavy atom. The van der Waals surface area contributed by atoms with Gasteiger partial charge >= 0.3 is 0 Å². The van der Waals surface area contributed by atoms with E-state index in [1.54, 1.807) is 13.1 Å². The molecule has 0 aliphatic carbocycles. The van der Waals surface area contributed by atoms with Crippen LogP contribution in [0.25, 0.3) is 11.3 Å². The van der Waals surface area contributed by atoms with Gasteiger partial charge in [0.2, 0.25) is 0 Å². The number of nitrogens with zero attached hydrogens (tertiary/aromatic N) is 3. The van der Waals surface area contributed by atoms with E-state index < -0.39 is 0 Å². The van der Waals surface area contributed by atoms with Gasteiger partial charge in [0.05, 0.1) is 22.6 Å². The summed E-state index contributed by atoms with van der Waals surface area (Å²) in [6, 6.07) is 1.84. The van der Waals surface area contributed by atoms with Gasteiger partial charge in [0.25, 0.3) is 0 Å². The Kier molecular flexibility index (Phi) is 3.15. The molecule has 0 spiro atoms. The maximum atomic E-state index is 10.7. The molecule has 0 radical (unpaired) electrons. The van der Waals surface area contributed by atoms with Crippen molar-refractivity contribution in [1.82, 2.24) is 15.0 Å². The first-order chi connectivity index (χ1) is 8.11. The van der Waals surface area contributed by atoms with E-state index in [1.165, 1.54) is 6.20 Å². The number of hydrogen-bond acceptors (Lipinski definition) is 4. The number of aryl methyl sites for hydroxylation is 2. The summed E-state index contributed by atoms with van der Waals surface area (Å²) in [6.45, 7) is 3.61. The highest BCUT2D eigenvalue weighted by atomic mass is 35.5. The van der Waals surface area contributed by atoms with Crippen LogP contribution in [-0.2, 0) is 0 Å². The van der Waals surface area contributed by atoms with Crippen LogP contribution in [0, 0.1) is 13.8 Å². The fraction of sp³-hybridized carbons (Fsp3) is 0.167. The van der Waals surface area contributed by atoms with E-state index in [1.807, 2.05) is 13.0 Å². The smallest absolute Gasteiger partial charge is 0.170 e. The number of rotatable bonds is 2. The van der Waals surface area contributed by atoms with E-state index in [4.69, 9.17) is 11.6 Å². The lowest BCUT2D eigenvalue weighted by atomic mass is 10.1. The molecule has 0 bridgehead atoms. The molecule has 86 valence electrons. The second kappa shape index (κ2) is 4.59. The van der Waals surface area contributed by atoms with Crippen LogP contribution in [0.15, 0.2) is 18.5 Å². The topological polar surface area (TPSA) is 55.7 Å². The molecule has 0 unspecified atom stereocenters. The highest BCUT2D eigenvalue weighted by molar-refractivity contribution is 6.33. The molecule has 0 saturated heterocycles. The predicted molar refractivity (Wildman–Crippen MR) is 65.1 cm³/mol. The quantitative estimate of drug-likeness (QED) is 0.766. The van der Waals surface area contributed by atoms with Crippen molar-refractivity contribution in [3.05, 3.63) is 40.6 Å². The molecule has 0 saturated carbocycles. The van der Waals surface area contributed by atoms with Gasteiger partial charge in [-0.2, -0.15) is 0 Å². The van der Waals surface area contributed by atoms with Gasteiger partial charge in [-0.3, -0.25) is 9.78 Å². The van der Waals surface area contributed by atoms with Gasteiger partial charge in [0.1, 0.15) is 5.69 Å². The Morgan fingerprint density at radius 3 is 2.65 bits per heavy atom. The molecule has 0 aliphatic heterocycles. The summed E-state index contributed by atoms with van der Waals surface area (Å²) in [4.78, 5) is 23.1. The van der Waals surface area contributed by atoms with Gasteiger partial charge in [-0.25, -0.2) is 9.97 Å². The fourth-order valence-electron chi connectivity index (χ4n) is 1.48. The van der Waals surface area contributed by atoms with Crippen molar-refractivity contribution in [2.24, 2.45) is 0 Å². The molecule has 0 aliphatic rings. The molecule has 2 rings (SSSR count). The monoisotopic (exact) mass is 247 g/mol. The van der Waals surface area contributed by atoms with Crippen LogP contribution >= 0.6 is 11.6 Å². The Labute approximate surface area is 104 Å². The predicted octanol–water partition coefficient (Wildman–Crippen LogP) is 2.62. The first-order valence-electron chi connectivity index (χ1n) is 5.03. The second-order valence-electron chi connectivity index (χ2n) is 3.65. The van der Waals surface area contributed by atoms with E-state index in [2.05, 4.69) is 15.0 Å². The summed E-state index contributed by atoms with van der Waals surface area (Å²) >= 11 is 6.06. The molecule has 2 aromatic heterocycles. The van der Waals surface area contributed by atoms with Crippen LogP contribution in [0.5, 0.6) is 0 Å². The zero-order chi connectivity index (χ0) is 12.4. The van der Waals surface area contributed by atoms with Crippen molar-refractivity contribution < 1.29 is 4.79 Å². The molecule has 5 heteroatoms. The number of pyridine rings is 1. The number of aromatic nitrogens is 3. The minimum absolute atomic E-state index is 0.343. The normalized spacial score (nSPS) is 10.3. The first kappa shape index (κ1) is 11.7. The molecule has 0 amide bonds. The number of halogens is 1. The molecule has 0 N–H and O–H groups in total. The van der Waals surface area contributed by atoms with E-state index in [0.29, 0.717) is 28.4 Å². The van der Waals surface area contributed by atoms with E-state index in [-0.39, 0.29) is 0 Å². The molecular formula is C12H10ClN3O. The van der Waals surface area contributed by atoms with Crippen LogP contribution in [0.4, 0.5) is 0 Å². The lowest BCUT2D eigenvalue weighted by Crippen LogP contribution is -1.98. The third-order valence-electron chi connectivity index (χ3n) is 2.36. The summed E-state index contributed by atoms with van der Waals surface area (Å²) in [7, 11) is 0. The molecule has 0 aromatic carbocycles. The van der Waals surface area contributed by atoms with Gasteiger partial charge in [-0.1, -0.05) is 11.6 Å². The number of aldehydes is 1. The summed E-state index contributed by atoms with van der Waals surface area (Å²) in [6.07, 6.45) is 3.81. The van der Waals surface area contributed by atoms with Gasteiger partial charge in [-0.15, -0.1) is 0 Å². The van der Waals surface area contributed by atoms with E-state index >= 15 is 0 Å². The van der Waals surface area contributed by atoms with Crippen LogP contribution in [0.1, 0.15) is 21.9 Å². The summed E-state index contributed by atoms with van der Waals surface area (Å²) in [5.41, 5.74) is 3.19. The van der Waals surface area contributed by atoms with Gasteiger partial charge in [0.15, 0.2) is 6.29 Å². The third-order valence-corrected chi connectivity index (χ3v) is 2.67. The minimum atomic E-state index is 0.343. The van der Waals surface area contributed by atoms with Gasteiger partial charge in [0, 0.05) is 17.5 Å². The number of hydrogen-bond donors (Lipinski definition) is 0. The zero-order valence-electron chi connectivity index (χ0n) is 9.44. The Morgan fingerprint density at radius 1 is 1.24 bits per heavy atom. The molecule has 0 fully saturated rings. The highest BCUT2D eigenvalue weighted by Gasteiger charge is 2.08. The first-order valence-corrected chi connectivity index (χ1v) is 5.41. The molecule has 17 heavy (non-hydrogen) atoms. The lowest BCUT2D eigenvalue weighted by Gasteiger charge is -2.05.